The van der Waals surface area contributed by atoms with E-state index in [1.807, 2.05) is 0 Å². The zero-order valence-corrected chi connectivity index (χ0v) is 11.4. The van der Waals surface area contributed by atoms with Crippen molar-refractivity contribution in [1.82, 2.24) is 0 Å². The molecule has 2 rings (SSSR count). The molecule has 0 aromatic heterocycles. The van der Waals surface area contributed by atoms with Crippen molar-refractivity contribution in [2.24, 2.45) is 5.73 Å². The van der Waals surface area contributed by atoms with Gasteiger partial charge in [-0.05, 0) is 42.7 Å². The third-order valence-corrected chi connectivity index (χ3v) is 3.86. The van der Waals surface area contributed by atoms with E-state index in [-0.39, 0.29) is 6.04 Å². The molecule has 2 heteroatoms. The van der Waals surface area contributed by atoms with E-state index in [0.717, 1.165) is 32.0 Å². The van der Waals surface area contributed by atoms with Crippen LogP contribution in [0.4, 0.5) is 0 Å². The van der Waals surface area contributed by atoms with Gasteiger partial charge in [-0.15, -0.1) is 0 Å². The van der Waals surface area contributed by atoms with E-state index in [0.29, 0.717) is 0 Å². The van der Waals surface area contributed by atoms with Gasteiger partial charge in [0.15, 0.2) is 0 Å². The van der Waals surface area contributed by atoms with Gasteiger partial charge in [0.05, 0.1) is 0 Å². The lowest BCUT2D eigenvalue weighted by molar-refractivity contribution is 0.127. The van der Waals surface area contributed by atoms with E-state index in [1.54, 1.807) is 0 Å². The van der Waals surface area contributed by atoms with E-state index >= 15 is 0 Å². The molecule has 18 heavy (non-hydrogen) atoms. The number of hydrogen-bond donors (Lipinski definition) is 1. The lowest BCUT2D eigenvalue weighted by atomic mass is 9.77. The third-order valence-electron chi connectivity index (χ3n) is 3.86. The van der Waals surface area contributed by atoms with Crippen LogP contribution in [0.1, 0.15) is 62.1 Å². The highest BCUT2D eigenvalue weighted by Crippen LogP contribution is 2.39. The van der Waals surface area contributed by atoms with Crippen molar-refractivity contribution in [2.45, 2.75) is 51.0 Å². The van der Waals surface area contributed by atoms with Crippen molar-refractivity contribution in [3.8, 4) is 0 Å². The normalized spacial score (nSPS) is 17.4. The topological polar surface area (TPSA) is 35.2 Å². The minimum absolute atomic E-state index is 0.124. The minimum atomic E-state index is 0.124. The van der Waals surface area contributed by atoms with Crippen LogP contribution >= 0.6 is 0 Å². The van der Waals surface area contributed by atoms with Crippen LogP contribution in [-0.4, -0.2) is 13.2 Å². The van der Waals surface area contributed by atoms with Crippen LogP contribution in [0.5, 0.6) is 0 Å². The average Bonchev–Trinajstić information content (AvgIpc) is 2.33. The maximum Gasteiger partial charge on any atom is 0.0484 e. The zero-order chi connectivity index (χ0) is 12.8. The minimum Gasteiger partial charge on any atom is -0.381 e. The quantitative estimate of drug-likeness (QED) is 0.744. The van der Waals surface area contributed by atoms with Gasteiger partial charge in [0.25, 0.3) is 0 Å². The van der Waals surface area contributed by atoms with Gasteiger partial charge in [0, 0.05) is 19.3 Å². The van der Waals surface area contributed by atoms with E-state index in [1.165, 1.54) is 30.4 Å². The van der Waals surface area contributed by atoms with Crippen LogP contribution in [-0.2, 0) is 4.74 Å². The van der Waals surface area contributed by atoms with Crippen molar-refractivity contribution in [3.63, 3.8) is 0 Å². The number of nitrogens with two attached hydrogens (primary N) is 1. The lowest BCUT2D eigenvalue weighted by Gasteiger charge is -2.29. The van der Waals surface area contributed by atoms with Gasteiger partial charge in [0.1, 0.15) is 0 Å². The maximum atomic E-state index is 6.31. The maximum absolute atomic E-state index is 6.31. The molecule has 0 spiro atoms. The molecule has 1 saturated carbocycles. The summed E-state index contributed by atoms with van der Waals surface area (Å²) >= 11 is 0. The van der Waals surface area contributed by atoms with E-state index in [4.69, 9.17) is 10.5 Å². The average molecular weight is 247 g/mol. The summed E-state index contributed by atoms with van der Waals surface area (Å²) in [5.41, 5.74) is 9.13. The van der Waals surface area contributed by atoms with E-state index in [2.05, 4.69) is 31.2 Å². The molecule has 0 radical (unpaired) electrons. The lowest BCUT2D eigenvalue weighted by Crippen LogP contribution is -2.18. The molecule has 2 nitrogen and oxygen atoms in total. The summed E-state index contributed by atoms with van der Waals surface area (Å²) in [6.07, 6.45) is 6.03. The van der Waals surface area contributed by atoms with Crippen LogP contribution in [0.25, 0.3) is 0 Å². The van der Waals surface area contributed by atoms with Gasteiger partial charge in [0.2, 0.25) is 0 Å². The van der Waals surface area contributed by atoms with Crippen LogP contribution in [0.2, 0.25) is 0 Å². The van der Waals surface area contributed by atoms with Crippen molar-refractivity contribution in [1.29, 1.82) is 0 Å². The monoisotopic (exact) mass is 247 g/mol. The molecule has 0 amide bonds. The highest BCUT2D eigenvalue weighted by Gasteiger charge is 2.23. The highest BCUT2D eigenvalue weighted by atomic mass is 16.5. The van der Waals surface area contributed by atoms with Crippen molar-refractivity contribution < 1.29 is 4.74 Å². The molecule has 0 heterocycles. The Bertz CT molecular complexity index is 360. The molecule has 1 atom stereocenters. The van der Waals surface area contributed by atoms with E-state index in [9.17, 15) is 0 Å². The molecule has 1 aromatic rings. The second-order valence-corrected chi connectivity index (χ2v) is 5.26. The largest absolute Gasteiger partial charge is 0.381 e. The van der Waals surface area contributed by atoms with Gasteiger partial charge in [-0.3, -0.25) is 0 Å². The van der Waals surface area contributed by atoms with Gasteiger partial charge < -0.3 is 10.5 Å². The molecule has 0 saturated heterocycles. The predicted molar refractivity (Wildman–Crippen MR) is 75.7 cm³/mol. The molecule has 1 aliphatic carbocycles. The van der Waals surface area contributed by atoms with Gasteiger partial charge >= 0.3 is 0 Å². The Morgan fingerprint density at radius 2 is 2.06 bits per heavy atom. The van der Waals surface area contributed by atoms with Gasteiger partial charge in [-0.2, -0.15) is 0 Å². The molecule has 1 aromatic carbocycles. The number of rotatable bonds is 7. The first-order chi connectivity index (χ1) is 8.83. The summed E-state index contributed by atoms with van der Waals surface area (Å²) < 4.78 is 5.54. The summed E-state index contributed by atoms with van der Waals surface area (Å²) in [5.74, 6) is 0.754. The van der Waals surface area contributed by atoms with Crippen molar-refractivity contribution >= 4 is 0 Å². The first kappa shape index (κ1) is 13.6. The fourth-order valence-corrected chi connectivity index (χ4v) is 2.55. The summed E-state index contributed by atoms with van der Waals surface area (Å²) in [6.45, 7) is 3.75. The second kappa shape index (κ2) is 6.91. The third kappa shape index (κ3) is 3.33. The molecular formula is C16H25NO. The van der Waals surface area contributed by atoms with Gasteiger partial charge in [-0.25, -0.2) is 0 Å². The summed E-state index contributed by atoms with van der Waals surface area (Å²) in [7, 11) is 0. The first-order valence-electron chi connectivity index (χ1n) is 7.25. The van der Waals surface area contributed by atoms with Crippen LogP contribution in [0, 0.1) is 0 Å². The fourth-order valence-electron chi connectivity index (χ4n) is 2.55. The molecule has 0 aliphatic heterocycles. The standard InChI is InChI=1S/C16H25NO/c1-2-11-18-12-10-16(17)15-9-4-3-8-14(15)13-6-5-7-13/h3-4,8-9,13,16H,2,5-7,10-12,17H2,1H3. The summed E-state index contributed by atoms with van der Waals surface area (Å²) in [6, 6.07) is 8.81. The summed E-state index contributed by atoms with van der Waals surface area (Å²) in [4.78, 5) is 0. The Morgan fingerprint density at radius 3 is 2.72 bits per heavy atom. The molecule has 1 fully saturated rings. The Kier molecular flexibility index (Phi) is 5.21. The van der Waals surface area contributed by atoms with Crippen LogP contribution in [0.3, 0.4) is 0 Å². The highest BCUT2D eigenvalue weighted by molar-refractivity contribution is 5.34. The Balaban J connectivity index is 1.93. The molecule has 0 bridgehead atoms. The molecule has 100 valence electrons. The number of ether oxygens (including phenoxy) is 1. The van der Waals surface area contributed by atoms with E-state index < -0.39 is 0 Å². The fraction of sp³-hybridized carbons (Fsp3) is 0.625. The summed E-state index contributed by atoms with van der Waals surface area (Å²) in [5, 5.41) is 0. The number of hydrogen-bond acceptors (Lipinski definition) is 2. The molecular weight excluding hydrogens is 222 g/mol. The number of benzene rings is 1. The van der Waals surface area contributed by atoms with Crippen molar-refractivity contribution in [3.05, 3.63) is 35.4 Å². The smallest absolute Gasteiger partial charge is 0.0484 e. The van der Waals surface area contributed by atoms with Crippen molar-refractivity contribution in [2.75, 3.05) is 13.2 Å². The molecule has 2 N–H and O–H groups in total. The Hall–Kier alpha value is -0.860. The zero-order valence-electron chi connectivity index (χ0n) is 11.4. The molecule has 1 aliphatic rings. The first-order valence-corrected chi connectivity index (χ1v) is 7.25. The van der Waals surface area contributed by atoms with Gasteiger partial charge in [-0.1, -0.05) is 37.6 Å². The SMILES string of the molecule is CCCOCCC(N)c1ccccc1C1CCC1. The van der Waals surface area contributed by atoms with Crippen LogP contribution in [0.15, 0.2) is 24.3 Å². The Morgan fingerprint density at radius 1 is 1.28 bits per heavy atom. The Labute approximate surface area is 111 Å². The predicted octanol–water partition coefficient (Wildman–Crippen LogP) is 3.77. The van der Waals surface area contributed by atoms with Crippen LogP contribution < -0.4 is 5.73 Å². The second-order valence-electron chi connectivity index (χ2n) is 5.26. The molecule has 1 unspecified atom stereocenters.